The molecule has 0 unspecified atom stereocenters. The minimum atomic E-state index is -0.751. The molecule has 0 saturated heterocycles. The second kappa shape index (κ2) is 6.61. The van der Waals surface area contributed by atoms with Crippen molar-refractivity contribution in [3.8, 4) is 0 Å². The van der Waals surface area contributed by atoms with Crippen LogP contribution >= 0.6 is 0 Å². The number of hydrogen-bond donors (Lipinski definition) is 4. The normalized spacial score (nSPS) is 9.91. The molecular weight excluding hydrogens is 284 g/mol. The van der Waals surface area contributed by atoms with E-state index >= 15 is 0 Å². The van der Waals surface area contributed by atoms with Crippen LogP contribution < -0.4 is 22.5 Å². The van der Waals surface area contributed by atoms with Crippen molar-refractivity contribution in [2.45, 2.75) is 0 Å². The number of nitrogens with one attached hydrogen (secondary N) is 2. The Morgan fingerprint density at radius 3 is 1.91 bits per heavy atom. The van der Waals surface area contributed by atoms with Crippen LogP contribution in [-0.2, 0) is 0 Å². The summed E-state index contributed by atoms with van der Waals surface area (Å²) in [5, 5.41) is 0. The molecule has 0 spiro atoms. The van der Waals surface area contributed by atoms with Gasteiger partial charge in [0.05, 0.1) is 11.1 Å². The van der Waals surface area contributed by atoms with Gasteiger partial charge in [0, 0.05) is 11.1 Å². The van der Waals surface area contributed by atoms with Gasteiger partial charge in [-0.1, -0.05) is 42.5 Å². The summed E-state index contributed by atoms with van der Waals surface area (Å²) >= 11 is 0. The molecule has 7 nitrogen and oxygen atoms in total. The van der Waals surface area contributed by atoms with Gasteiger partial charge in [0.15, 0.2) is 5.78 Å². The van der Waals surface area contributed by atoms with Crippen molar-refractivity contribution in [2.24, 2.45) is 11.7 Å². The summed E-state index contributed by atoms with van der Waals surface area (Å²) in [6, 6.07) is 12.7. The molecule has 0 fully saturated rings. The Bertz CT molecular complexity index is 729. The zero-order chi connectivity index (χ0) is 16.1. The van der Waals surface area contributed by atoms with E-state index in [2.05, 4.69) is 0 Å². The lowest BCUT2D eigenvalue weighted by molar-refractivity contribution is 0.0915. The van der Waals surface area contributed by atoms with Crippen LogP contribution in [-0.4, -0.2) is 17.6 Å². The van der Waals surface area contributed by atoms with Crippen LogP contribution in [0.5, 0.6) is 0 Å². The van der Waals surface area contributed by atoms with Crippen molar-refractivity contribution in [3.05, 3.63) is 70.8 Å². The van der Waals surface area contributed by atoms with Gasteiger partial charge in [0.1, 0.15) is 0 Å². The van der Waals surface area contributed by atoms with Gasteiger partial charge in [-0.15, -0.1) is 0 Å². The van der Waals surface area contributed by atoms with Gasteiger partial charge < -0.3 is 0 Å². The summed E-state index contributed by atoms with van der Waals surface area (Å²) in [6.07, 6.45) is 0. The zero-order valence-electron chi connectivity index (χ0n) is 11.5. The van der Waals surface area contributed by atoms with E-state index in [-0.39, 0.29) is 16.7 Å². The number of ketones is 1. The van der Waals surface area contributed by atoms with Crippen LogP contribution in [0.25, 0.3) is 0 Å². The fourth-order valence-electron chi connectivity index (χ4n) is 2.07. The smallest absolute Gasteiger partial charge is 0.266 e. The van der Waals surface area contributed by atoms with Crippen LogP contribution in [0.4, 0.5) is 0 Å². The predicted molar refractivity (Wildman–Crippen MR) is 79.6 cm³/mol. The molecule has 0 saturated carbocycles. The maximum absolute atomic E-state index is 12.6. The molecule has 0 heterocycles. The highest BCUT2D eigenvalue weighted by Gasteiger charge is 2.24. The van der Waals surface area contributed by atoms with E-state index in [0.29, 0.717) is 5.56 Å². The lowest BCUT2D eigenvalue weighted by Crippen LogP contribution is -2.36. The third kappa shape index (κ3) is 2.85. The van der Waals surface area contributed by atoms with Crippen molar-refractivity contribution >= 4 is 17.6 Å². The largest absolute Gasteiger partial charge is 0.290 e. The van der Waals surface area contributed by atoms with Crippen molar-refractivity contribution < 1.29 is 14.4 Å². The molecule has 0 aliphatic rings. The molecule has 7 heteroatoms. The van der Waals surface area contributed by atoms with E-state index in [9.17, 15) is 14.4 Å². The zero-order valence-corrected chi connectivity index (χ0v) is 11.5. The van der Waals surface area contributed by atoms with Crippen LogP contribution in [0, 0.1) is 0 Å². The SMILES string of the molecule is NNC(=O)c1cccc(C(=O)c2ccccc2)c1C(=O)NN. The van der Waals surface area contributed by atoms with E-state index < -0.39 is 17.6 Å². The second-order valence-electron chi connectivity index (χ2n) is 4.37. The first-order chi connectivity index (χ1) is 10.6. The monoisotopic (exact) mass is 298 g/mol. The molecule has 0 bridgehead atoms. The fraction of sp³-hybridized carbons (Fsp3) is 0. The second-order valence-corrected chi connectivity index (χ2v) is 4.37. The van der Waals surface area contributed by atoms with Crippen molar-refractivity contribution in [1.29, 1.82) is 0 Å². The number of carbonyl (C=O) groups excluding carboxylic acids is 3. The molecule has 2 aromatic carbocycles. The summed E-state index contributed by atoms with van der Waals surface area (Å²) in [4.78, 5) is 36.4. The summed E-state index contributed by atoms with van der Waals surface area (Å²) < 4.78 is 0. The molecule has 0 atom stereocenters. The summed E-state index contributed by atoms with van der Waals surface area (Å²) in [5.74, 6) is 8.41. The molecule has 0 aromatic heterocycles. The number of benzene rings is 2. The maximum Gasteiger partial charge on any atom is 0.266 e. The van der Waals surface area contributed by atoms with Crippen LogP contribution in [0.1, 0.15) is 36.6 Å². The first kappa shape index (κ1) is 15.4. The van der Waals surface area contributed by atoms with E-state index in [1.807, 2.05) is 10.9 Å². The molecule has 2 aromatic rings. The third-order valence-corrected chi connectivity index (χ3v) is 3.08. The predicted octanol–water partition coefficient (Wildman–Crippen LogP) is 0.125. The van der Waals surface area contributed by atoms with Gasteiger partial charge in [-0.3, -0.25) is 25.2 Å². The minimum absolute atomic E-state index is 0.0350. The highest BCUT2D eigenvalue weighted by atomic mass is 16.2. The van der Waals surface area contributed by atoms with Gasteiger partial charge in [0.2, 0.25) is 0 Å². The topological polar surface area (TPSA) is 127 Å². The average Bonchev–Trinajstić information content (AvgIpc) is 2.59. The van der Waals surface area contributed by atoms with Crippen molar-refractivity contribution in [1.82, 2.24) is 10.9 Å². The number of hydrazine groups is 2. The Morgan fingerprint density at radius 2 is 1.32 bits per heavy atom. The quantitative estimate of drug-likeness (QED) is 0.276. The van der Waals surface area contributed by atoms with E-state index in [1.165, 1.54) is 18.2 Å². The van der Waals surface area contributed by atoms with E-state index in [4.69, 9.17) is 11.7 Å². The standard InChI is InChI=1S/C15H14N4O3/c16-18-14(21)11-8-4-7-10(12(11)15(22)19-17)13(20)9-5-2-1-3-6-9/h1-8H,16-17H2,(H,18,21)(H,19,22). The Labute approximate surface area is 126 Å². The Hall–Kier alpha value is -3.03. The van der Waals surface area contributed by atoms with Crippen molar-refractivity contribution in [2.75, 3.05) is 0 Å². The van der Waals surface area contributed by atoms with Crippen LogP contribution in [0.2, 0.25) is 0 Å². The van der Waals surface area contributed by atoms with Crippen LogP contribution in [0.3, 0.4) is 0 Å². The Morgan fingerprint density at radius 1 is 0.727 bits per heavy atom. The Kier molecular flexibility index (Phi) is 4.62. The fourth-order valence-corrected chi connectivity index (χ4v) is 2.07. The van der Waals surface area contributed by atoms with Crippen molar-refractivity contribution in [3.63, 3.8) is 0 Å². The highest BCUT2D eigenvalue weighted by molar-refractivity contribution is 6.18. The first-order valence-electron chi connectivity index (χ1n) is 6.34. The first-order valence-corrected chi connectivity index (χ1v) is 6.34. The number of hydrogen-bond acceptors (Lipinski definition) is 5. The van der Waals surface area contributed by atoms with E-state index in [1.54, 1.807) is 30.3 Å². The van der Waals surface area contributed by atoms with Gasteiger partial charge in [-0.25, -0.2) is 11.7 Å². The molecule has 0 aliphatic heterocycles. The molecule has 22 heavy (non-hydrogen) atoms. The molecule has 2 rings (SSSR count). The number of rotatable bonds is 4. The number of nitrogens with two attached hydrogens (primary N) is 2. The molecule has 0 radical (unpaired) electrons. The van der Waals surface area contributed by atoms with Gasteiger partial charge in [-0.05, 0) is 6.07 Å². The highest BCUT2D eigenvalue weighted by Crippen LogP contribution is 2.19. The Balaban J connectivity index is 2.63. The minimum Gasteiger partial charge on any atom is -0.290 e. The molecule has 112 valence electrons. The summed E-state index contributed by atoms with van der Waals surface area (Å²) in [6.45, 7) is 0. The third-order valence-electron chi connectivity index (χ3n) is 3.08. The number of amides is 2. The maximum atomic E-state index is 12.6. The van der Waals surface area contributed by atoms with Gasteiger partial charge in [-0.2, -0.15) is 0 Å². The lowest BCUT2D eigenvalue weighted by atomic mass is 9.94. The molecule has 6 N–H and O–H groups in total. The lowest BCUT2D eigenvalue weighted by Gasteiger charge is -2.12. The average molecular weight is 298 g/mol. The van der Waals surface area contributed by atoms with Gasteiger partial charge in [0.25, 0.3) is 11.8 Å². The summed E-state index contributed by atoms with van der Waals surface area (Å²) in [5.41, 5.74) is 4.17. The molecule has 0 aliphatic carbocycles. The number of carbonyl (C=O) groups is 3. The number of nitrogen functional groups attached to an aromatic ring is 2. The van der Waals surface area contributed by atoms with Crippen LogP contribution in [0.15, 0.2) is 48.5 Å². The van der Waals surface area contributed by atoms with Gasteiger partial charge >= 0.3 is 0 Å². The molecule has 2 amide bonds. The van der Waals surface area contributed by atoms with E-state index in [0.717, 1.165) is 0 Å². The molecular formula is C15H14N4O3. The summed E-state index contributed by atoms with van der Waals surface area (Å²) in [7, 11) is 0.